The van der Waals surface area contributed by atoms with Gasteiger partial charge in [0, 0.05) is 12.1 Å². The van der Waals surface area contributed by atoms with Crippen molar-refractivity contribution in [1.82, 2.24) is 10.3 Å². The Morgan fingerprint density at radius 1 is 1.21 bits per heavy atom. The van der Waals surface area contributed by atoms with E-state index < -0.39 is 11.5 Å². The third kappa shape index (κ3) is 3.91. The first-order chi connectivity index (χ1) is 11.1. The summed E-state index contributed by atoms with van der Waals surface area (Å²) < 4.78 is 14.1. The van der Waals surface area contributed by atoms with Crippen molar-refractivity contribution in [2.75, 3.05) is 0 Å². The molecule has 0 unspecified atom stereocenters. The average molecular weight is 332 g/mol. The van der Waals surface area contributed by atoms with E-state index in [-0.39, 0.29) is 23.9 Å². The van der Waals surface area contributed by atoms with Crippen LogP contribution >= 0.6 is 0 Å². The lowest BCUT2D eigenvalue weighted by molar-refractivity contribution is -0.0219. The molecule has 0 bridgehead atoms. The molecule has 0 saturated heterocycles. The Morgan fingerprint density at radius 2 is 1.79 bits per heavy atom. The lowest BCUT2D eigenvalue weighted by Gasteiger charge is -2.29. The van der Waals surface area contributed by atoms with Crippen molar-refractivity contribution >= 4 is 0 Å². The van der Waals surface area contributed by atoms with Crippen LogP contribution in [0.4, 0.5) is 4.39 Å². The molecular weight excluding hydrogens is 307 g/mol. The lowest BCUT2D eigenvalue weighted by atomic mass is 10.0. The average Bonchev–Trinajstić information content (AvgIpc) is 2.51. The van der Waals surface area contributed by atoms with Gasteiger partial charge in [-0.3, -0.25) is 5.32 Å². The van der Waals surface area contributed by atoms with Crippen LogP contribution in [0.15, 0.2) is 24.3 Å². The number of nitrogens with one attached hydrogen (secondary N) is 1. The zero-order valence-electron chi connectivity index (χ0n) is 14.8. The molecule has 2 rings (SSSR count). The SMILES string of the molecule is Cc1cc(-c2ccc(F)c(CN[C@](C)(O)C(C)C)n2)cc(C)c1O. The first-order valence-electron chi connectivity index (χ1n) is 8.05. The molecule has 0 fully saturated rings. The predicted molar refractivity (Wildman–Crippen MR) is 93.1 cm³/mol. The van der Waals surface area contributed by atoms with Crippen LogP contribution in [-0.4, -0.2) is 20.9 Å². The van der Waals surface area contributed by atoms with Crippen LogP contribution in [0.25, 0.3) is 11.3 Å². The number of benzene rings is 1. The van der Waals surface area contributed by atoms with E-state index >= 15 is 0 Å². The van der Waals surface area contributed by atoms with Crippen LogP contribution < -0.4 is 5.32 Å². The number of aliphatic hydroxyl groups is 1. The topological polar surface area (TPSA) is 65.4 Å². The minimum absolute atomic E-state index is 0.0221. The van der Waals surface area contributed by atoms with Crippen molar-refractivity contribution in [2.24, 2.45) is 5.92 Å². The number of phenols is 1. The molecule has 1 aromatic heterocycles. The molecule has 0 saturated carbocycles. The predicted octanol–water partition coefficient (Wildman–Crippen LogP) is 3.66. The third-order valence-corrected chi connectivity index (χ3v) is 4.44. The van der Waals surface area contributed by atoms with Crippen molar-refractivity contribution in [3.63, 3.8) is 0 Å². The maximum atomic E-state index is 14.1. The molecule has 0 aliphatic carbocycles. The van der Waals surface area contributed by atoms with Gasteiger partial charge in [0.15, 0.2) is 0 Å². The van der Waals surface area contributed by atoms with E-state index in [1.807, 2.05) is 39.8 Å². The van der Waals surface area contributed by atoms with Gasteiger partial charge in [-0.1, -0.05) is 13.8 Å². The van der Waals surface area contributed by atoms with Crippen LogP contribution in [0.5, 0.6) is 5.75 Å². The molecule has 0 amide bonds. The van der Waals surface area contributed by atoms with E-state index in [9.17, 15) is 14.6 Å². The summed E-state index contributed by atoms with van der Waals surface area (Å²) in [5.41, 5.74) is 2.09. The zero-order valence-corrected chi connectivity index (χ0v) is 14.8. The van der Waals surface area contributed by atoms with Gasteiger partial charge in [-0.15, -0.1) is 0 Å². The van der Waals surface area contributed by atoms with Crippen molar-refractivity contribution in [3.8, 4) is 17.0 Å². The van der Waals surface area contributed by atoms with Crippen LogP contribution in [0.1, 0.15) is 37.6 Å². The van der Waals surface area contributed by atoms with Gasteiger partial charge < -0.3 is 10.2 Å². The molecule has 0 aliphatic rings. The number of rotatable bonds is 5. The van der Waals surface area contributed by atoms with Gasteiger partial charge in [0.2, 0.25) is 0 Å². The second-order valence-corrected chi connectivity index (χ2v) is 6.74. The third-order valence-electron chi connectivity index (χ3n) is 4.44. The van der Waals surface area contributed by atoms with Gasteiger partial charge >= 0.3 is 0 Å². The highest BCUT2D eigenvalue weighted by Crippen LogP contribution is 2.28. The van der Waals surface area contributed by atoms with E-state index in [0.29, 0.717) is 5.69 Å². The monoisotopic (exact) mass is 332 g/mol. The summed E-state index contributed by atoms with van der Waals surface area (Å²) in [6.07, 6.45) is 0. The largest absolute Gasteiger partial charge is 0.507 e. The molecule has 5 heteroatoms. The minimum Gasteiger partial charge on any atom is -0.507 e. The number of hydrogen-bond donors (Lipinski definition) is 3. The van der Waals surface area contributed by atoms with E-state index in [4.69, 9.17) is 0 Å². The molecule has 1 aromatic carbocycles. The summed E-state index contributed by atoms with van der Waals surface area (Å²) in [7, 11) is 0. The van der Waals surface area contributed by atoms with Gasteiger partial charge in [0.25, 0.3) is 0 Å². The molecule has 0 radical (unpaired) electrons. The highest BCUT2D eigenvalue weighted by atomic mass is 19.1. The fourth-order valence-electron chi connectivity index (χ4n) is 2.34. The van der Waals surface area contributed by atoms with Crippen molar-refractivity contribution in [3.05, 3.63) is 46.9 Å². The van der Waals surface area contributed by atoms with E-state index in [0.717, 1.165) is 16.7 Å². The maximum absolute atomic E-state index is 14.1. The minimum atomic E-state index is -1.10. The number of hydrogen-bond acceptors (Lipinski definition) is 4. The van der Waals surface area contributed by atoms with Gasteiger partial charge in [0.05, 0.1) is 11.4 Å². The number of nitrogens with zero attached hydrogens (tertiary/aromatic N) is 1. The number of aromatic hydroxyl groups is 1. The van der Waals surface area contributed by atoms with E-state index in [1.54, 1.807) is 13.0 Å². The summed E-state index contributed by atoms with van der Waals surface area (Å²) in [6, 6.07) is 6.64. The first-order valence-corrected chi connectivity index (χ1v) is 8.05. The van der Waals surface area contributed by atoms with Crippen LogP contribution in [-0.2, 0) is 6.54 Å². The summed E-state index contributed by atoms with van der Waals surface area (Å²) in [5, 5.41) is 23.1. The Morgan fingerprint density at radius 3 is 2.33 bits per heavy atom. The van der Waals surface area contributed by atoms with Gasteiger partial charge in [-0.25, -0.2) is 9.37 Å². The molecule has 1 atom stereocenters. The van der Waals surface area contributed by atoms with Gasteiger partial charge in [-0.05, 0) is 62.1 Å². The normalized spacial score (nSPS) is 14.0. The fourth-order valence-corrected chi connectivity index (χ4v) is 2.34. The van der Waals surface area contributed by atoms with Crippen LogP contribution in [0.2, 0.25) is 0 Å². The van der Waals surface area contributed by atoms with Crippen LogP contribution in [0, 0.1) is 25.6 Å². The molecule has 4 nitrogen and oxygen atoms in total. The number of pyridine rings is 1. The Balaban J connectivity index is 2.32. The molecule has 1 heterocycles. The highest BCUT2D eigenvalue weighted by Gasteiger charge is 2.24. The molecule has 3 N–H and O–H groups in total. The van der Waals surface area contributed by atoms with E-state index in [1.165, 1.54) is 6.07 Å². The Bertz CT molecular complexity index is 719. The quantitative estimate of drug-likeness (QED) is 0.731. The molecule has 0 spiro atoms. The maximum Gasteiger partial charge on any atom is 0.146 e. The number of halogens is 1. The summed E-state index contributed by atoms with van der Waals surface area (Å²) in [6.45, 7) is 9.19. The molecule has 24 heavy (non-hydrogen) atoms. The Hall–Kier alpha value is -1.98. The summed E-state index contributed by atoms with van der Waals surface area (Å²) in [4.78, 5) is 4.39. The molecule has 0 aliphatic heterocycles. The van der Waals surface area contributed by atoms with Crippen molar-refractivity contribution in [1.29, 1.82) is 0 Å². The second kappa shape index (κ2) is 6.87. The van der Waals surface area contributed by atoms with Gasteiger partial charge in [-0.2, -0.15) is 0 Å². The van der Waals surface area contributed by atoms with Crippen molar-refractivity contribution < 1.29 is 14.6 Å². The highest BCUT2D eigenvalue weighted by molar-refractivity contribution is 5.64. The fraction of sp³-hybridized carbons (Fsp3) is 0.421. The standard InChI is InChI=1S/C19H25FN2O2/c1-11(2)19(5,24)21-10-17-15(20)6-7-16(22-17)14-8-12(3)18(23)13(4)9-14/h6-9,11,21,23-24H,10H2,1-5H3/t19-/m1/s1. The lowest BCUT2D eigenvalue weighted by Crippen LogP contribution is -2.46. The Labute approximate surface area is 142 Å². The number of aryl methyl sites for hydroxylation is 2. The molecular formula is C19H25FN2O2. The smallest absolute Gasteiger partial charge is 0.146 e. The molecule has 130 valence electrons. The zero-order chi connectivity index (χ0) is 18.1. The summed E-state index contributed by atoms with van der Waals surface area (Å²) >= 11 is 0. The van der Waals surface area contributed by atoms with E-state index in [2.05, 4.69) is 10.3 Å². The van der Waals surface area contributed by atoms with Crippen LogP contribution in [0.3, 0.4) is 0 Å². The molecule has 2 aromatic rings. The second-order valence-electron chi connectivity index (χ2n) is 6.74. The number of aromatic nitrogens is 1. The Kier molecular flexibility index (Phi) is 5.26. The summed E-state index contributed by atoms with van der Waals surface area (Å²) in [5.74, 6) is -0.181. The number of phenolic OH excluding ortho intramolecular Hbond substituents is 1. The first kappa shape index (κ1) is 18.4. The van der Waals surface area contributed by atoms with Gasteiger partial charge in [0.1, 0.15) is 17.3 Å². The van der Waals surface area contributed by atoms with Crippen molar-refractivity contribution in [2.45, 2.75) is 46.9 Å².